The molecule has 1 aromatic heterocycles. The van der Waals surface area contributed by atoms with E-state index in [1.807, 2.05) is 18.2 Å². The monoisotopic (exact) mass is 304 g/mol. The van der Waals surface area contributed by atoms with Crippen LogP contribution in [0.15, 0.2) is 47.6 Å². The first kappa shape index (κ1) is 15.9. The molecular formula is C16H18F2N4. The molecule has 0 aliphatic heterocycles. The molecule has 0 amide bonds. The van der Waals surface area contributed by atoms with Gasteiger partial charge in [0, 0.05) is 25.9 Å². The molecule has 6 heteroatoms. The molecule has 116 valence electrons. The van der Waals surface area contributed by atoms with E-state index in [1.54, 1.807) is 13.2 Å². The molecule has 1 heterocycles. The summed E-state index contributed by atoms with van der Waals surface area (Å²) in [5.74, 6) is -0.511. The molecule has 0 spiro atoms. The van der Waals surface area contributed by atoms with Crippen molar-refractivity contribution < 1.29 is 8.78 Å². The van der Waals surface area contributed by atoms with Crippen LogP contribution in [0.3, 0.4) is 0 Å². The van der Waals surface area contributed by atoms with Gasteiger partial charge in [0.2, 0.25) is 0 Å². The van der Waals surface area contributed by atoms with Gasteiger partial charge in [-0.15, -0.1) is 0 Å². The van der Waals surface area contributed by atoms with Crippen LogP contribution in [0.2, 0.25) is 0 Å². The van der Waals surface area contributed by atoms with Crippen LogP contribution in [-0.2, 0) is 13.0 Å². The average molecular weight is 304 g/mol. The van der Waals surface area contributed by atoms with E-state index in [4.69, 9.17) is 0 Å². The third kappa shape index (κ3) is 5.12. The number of nitrogens with zero attached hydrogens (tertiary/aromatic N) is 2. The molecule has 2 aromatic rings. The fourth-order valence-corrected chi connectivity index (χ4v) is 1.98. The Hall–Kier alpha value is -2.50. The van der Waals surface area contributed by atoms with Crippen molar-refractivity contribution in [2.75, 3.05) is 13.6 Å². The number of halogens is 2. The normalized spacial score (nSPS) is 11.3. The third-order valence-electron chi connectivity index (χ3n) is 3.02. The molecule has 0 aliphatic rings. The van der Waals surface area contributed by atoms with Gasteiger partial charge < -0.3 is 10.6 Å². The summed E-state index contributed by atoms with van der Waals surface area (Å²) in [6.45, 7) is 1.07. The van der Waals surface area contributed by atoms with E-state index in [0.717, 1.165) is 11.8 Å². The second-order valence-corrected chi connectivity index (χ2v) is 4.70. The smallest absolute Gasteiger partial charge is 0.191 e. The van der Waals surface area contributed by atoms with Crippen LogP contribution in [0.5, 0.6) is 0 Å². The maximum absolute atomic E-state index is 13.1. The van der Waals surface area contributed by atoms with Gasteiger partial charge in [0.25, 0.3) is 0 Å². The van der Waals surface area contributed by atoms with Crippen LogP contribution in [0.4, 0.5) is 8.78 Å². The van der Waals surface area contributed by atoms with Crippen molar-refractivity contribution in [2.45, 2.75) is 13.0 Å². The fraction of sp³-hybridized carbons (Fsp3) is 0.250. The number of nitrogens with one attached hydrogen (secondary N) is 2. The lowest BCUT2D eigenvalue weighted by Gasteiger charge is -2.11. The number of rotatable bonds is 5. The standard InChI is InChI=1S/C16H18F2N4/c1-19-16(22-11-15-4-2-3-6-20-15)21-7-5-12-8-13(17)10-14(18)9-12/h2-4,6,8-10H,5,7,11H2,1H3,(H2,19,21,22). The molecule has 0 aliphatic carbocycles. The Bertz CT molecular complexity index is 609. The Balaban J connectivity index is 1.79. The summed E-state index contributed by atoms with van der Waals surface area (Å²) in [6.07, 6.45) is 2.23. The molecule has 1 aromatic carbocycles. The Morgan fingerprint density at radius 2 is 1.91 bits per heavy atom. The minimum Gasteiger partial charge on any atom is -0.356 e. The summed E-state index contributed by atoms with van der Waals surface area (Å²) in [4.78, 5) is 8.29. The molecule has 2 rings (SSSR count). The van der Waals surface area contributed by atoms with Crippen LogP contribution in [0.25, 0.3) is 0 Å². The lowest BCUT2D eigenvalue weighted by atomic mass is 10.1. The zero-order chi connectivity index (χ0) is 15.8. The first-order valence-corrected chi connectivity index (χ1v) is 6.97. The van der Waals surface area contributed by atoms with Crippen molar-refractivity contribution in [1.29, 1.82) is 0 Å². The van der Waals surface area contributed by atoms with Crippen LogP contribution in [0.1, 0.15) is 11.3 Å². The highest BCUT2D eigenvalue weighted by Gasteiger charge is 2.02. The second kappa shape index (κ2) is 8.07. The number of hydrogen-bond donors (Lipinski definition) is 2. The highest BCUT2D eigenvalue weighted by Crippen LogP contribution is 2.08. The van der Waals surface area contributed by atoms with Gasteiger partial charge in [-0.1, -0.05) is 6.07 Å². The highest BCUT2D eigenvalue weighted by molar-refractivity contribution is 5.79. The highest BCUT2D eigenvalue weighted by atomic mass is 19.1. The molecule has 0 radical (unpaired) electrons. The Morgan fingerprint density at radius 1 is 1.14 bits per heavy atom. The first-order valence-electron chi connectivity index (χ1n) is 6.97. The van der Waals surface area contributed by atoms with Crippen molar-refractivity contribution >= 4 is 5.96 Å². The number of guanidine groups is 1. The first-order chi connectivity index (χ1) is 10.7. The molecule has 0 unspecified atom stereocenters. The zero-order valence-corrected chi connectivity index (χ0v) is 12.3. The van der Waals surface area contributed by atoms with Crippen molar-refractivity contribution in [1.82, 2.24) is 15.6 Å². The second-order valence-electron chi connectivity index (χ2n) is 4.70. The van der Waals surface area contributed by atoms with E-state index in [-0.39, 0.29) is 0 Å². The molecule has 0 saturated heterocycles. The van der Waals surface area contributed by atoms with Crippen molar-refractivity contribution in [2.24, 2.45) is 4.99 Å². The van der Waals surface area contributed by atoms with Crippen molar-refractivity contribution in [3.05, 3.63) is 65.5 Å². The van der Waals surface area contributed by atoms with E-state index >= 15 is 0 Å². The van der Waals surface area contributed by atoms with Crippen LogP contribution in [0, 0.1) is 11.6 Å². The number of pyridine rings is 1. The quantitative estimate of drug-likeness (QED) is 0.658. The van der Waals surface area contributed by atoms with Crippen LogP contribution in [-0.4, -0.2) is 24.5 Å². The SMILES string of the molecule is CN=C(NCCc1cc(F)cc(F)c1)NCc1ccccn1. The van der Waals surface area contributed by atoms with Crippen LogP contribution >= 0.6 is 0 Å². The number of hydrogen-bond acceptors (Lipinski definition) is 2. The maximum atomic E-state index is 13.1. The molecule has 0 atom stereocenters. The van der Waals surface area contributed by atoms with Crippen molar-refractivity contribution in [3.8, 4) is 0 Å². The van der Waals surface area contributed by atoms with Gasteiger partial charge in [-0.3, -0.25) is 9.98 Å². The van der Waals surface area contributed by atoms with Crippen molar-refractivity contribution in [3.63, 3.8) is 0 Å². The van der Waals surface area contributed by atoms with E-state index in [0.29, 0.717) is 31.0 Å². The van der Waals surface area contributed by atoms with E-state index in [2.05, 4.69) is 20.6 Å². The van der Waals surface area contributed by atoms with E-state index < -0.39 is 11.6 Å². The predicted octanol–water partition coefficient (Wildman–Crippen LogP) is 2.27. The number of benzene rings is 1. The summed E-state index contributed by atoms with van der Waals surface area (Å²) < 4.78 is 26.2. The van der Waals surface area contributed by atoms with E-state index in [9.17, 15) is 8.78 Å². The minimum absolute atomic E-state index is 0.499. The number of aliphatic imine (C=N–C) groups is 1. The molecule has 22 heavy (non-hydrogen) atoms. The molecule has 4 nitrogen and oxygen atoms in total. The van der Waals surface area contributed by atoms with Gasteiger partial charge in [-0.2, -0.15) is 0 Å². The van der Waals surface area contributed by atoms with Gasteiger partial charge >= 0.3 is 0 Å². The summed E-state index contributed by atoms with van der Waals surface area (Å²) in [5, 5.41) is 6.22. The predicted molar refractivity (Wildman–Crippen MR) is 82.5 cm³/mol. The molecular weight excluding hydrogens is 286 g/mol. The molecule has 2 N–H and O–H groups in total. The third-order valence-corrected chi connectivity index (χ3v) is 3.02. The summed E-state index contributed by atoms with van der Waals surface area (Å²) >= 11 is 0. The van der Waals surface area contributed by atoms with E-state index in [1.165, 1.54) is 12.1 Å². The maximum Gasteiger partial charge on any atom is 0.191 e. The Kier molecular flexibility index (Phi) is 5.82. The Labute approximate surface area is 128 Å². The molecule has 0 fully saturated rings. The summed E-state index contributed by atoms with van der Waals surface area (Å²) in [5.41, 5.74) is 1.50. The average Bonchev–Trinajstić information content (AvgIpc) is 2.50. The lowest BCUT2D eigenvalue weighted by Crippen LogP contribution is -2.38. The summed E-state index contributed by atoms with van der Waals surface area (Å²) in [7, 11) is 1.66. The lowest BCUT2D eigenvalue weighted by molar-refractivity contribution is 0.579. The topological polar surface area (TPSA) is 49.3 Å². The molecule has 0 saturated carbocycles. The minimum atomic E-state index is -0.562. The van der Waals surface area contributed by atoms with Gasteiger partial charge in [0.05, 0.1) is 12.2 Å². The fourth-order valence-electron chi connectivity index (χ4n) is 1.98. The van der Waals surface area contributed by atoms with Gasteiger partial charge in [-0.25, -0.2) is 8.78 Å². The van der Waals surface area contributed by atoms with Gasteiger partial charge in [-0.05, 0) is 36.2 Å². The molecule has 0 bridgehead atoms. The zero-order valence-electron chi connectivity index (χ0n) is 12.3. The summed E-state index contributed by atoms with van der Waals surface area (Å²) in [6, 6.07) is 9.21. The Morgan fingerprint density at radius 3 is 2.55 bits per heavy atom. The van der Waals surface area contributed by atoms with Crippen LogP contribution < -0.4 is 10.6 Å². The van der Waals surface area contributed by atoms with Gasteiger partial charge in [0.1, 0.15) is 11.6 Å². The largest absolute Gasteiger partial charge is 0.356 e. The van der Waals surface area contributed by atoms with Gasteiger partial charge in [0.15, 0.2) is 5.96 Å². The number of aromatic nitrogens is 1.